The molecule has 2 heteroatoms. The monoisotopic (exact) mass is 129 g/mol. The van der Waals surface area contributed by atoms with Crippen LogP contribution in [0.15, 0.2) is 0 Å². The van der Waals surface area contributed by atoms with Gasteiger partial charge in [-0.15, -0.1) is 0 Å². The molecule has 54 valence electrons. The Morgan fingerprint density at radius 3 is 2.56 bits per heavy atom. The molecular formula is C7H15NO. The van der Waals surface area contributed by atoms with Crippen LogP contribution in [0, 0.1) is 5.41 Å². The summed E-state index contributed by atoms with van der Waals surface area (Å²) in [6.07, 6.45) is 2.96. The Kier molecular flexibility index (Phi) is 1.78. The second kappa shape index (κ2) is 2.27. The zero-order chi connectivity index (χ0) is 6.91. The largest absolute Gasteiger partial charge is 0.393 e. The van der Waals surface area contributed by atoms with Crippen LogP contribution < -0.4 is 5.73 Å². The number of rotatable bonds is 3. The predicted octanol–water partition coefficient (Wildman–Crippen LogP) is 0.496. The van der Waals surface area contributed by atoms with Gasteiger partial charge in [0.05, 0.1) is 6.10 Å². The van der Waals surface area contributed by atoms with Crippen molar-refractivity contribution >= 4 is 0 Å². The smallest absolute Gasteiger partial charge is 0.0605 e. The molecule has 1 atom stereocenters. The van der Waals surface area contributed by atoms with E-state index in [-0.39, 0.29) is 11.5 Å². The molecule has 1 saturated carbocycles. The summed E-state index contributed by atoms with van der Waals surface area (Å²) in [5.74, 6) is 0. The van der Waals surface area contributed by atoms with Crippen molar-refractivity contribution in [1.82, 2.24) is 0 Å². The third kappa shape index (κ3) is 1.43. The zero-order valence-electron chi connectivity index (χ0n) is 5.93. The van der Waals surface area contributed by atoms with Crippen LogP contribution >= 0.6 is 0 Å². The molecule has 0 aliphatic heterocycles. The number of hydrogen-bond acceptors (Lipinski definition) is 2. The minimum absolute atomic E-state index is 0.150. The molecular weight excluding hydrogens is 114 g/mol. The van der Waals surface area contributed by atoms with E-state index in [0.29, 0.717) is 6.54 Å². The molecule has 9 heavy (non-hydrogen) atoms. The highest BCUT2D eigenvalue weighted by molar-refractivity contribution is 4.94. The molecule has 3 N–H and O–H groups in total. The molecule has 0 heterocycles. The SMILES string of the molecule is CC1([C@H](O)CCN)CC1. The summed E-state index contributed by atoms with van der Waals surface area (Å²) in [4.78, 5) is 0. The number of hydrogen-bond donors (Lipinski definition) is 2. The fourth-order valence-corrected chi connectivity index (χ4v) is 1.04. The van der Waals surface area contributed by atoms with Crippen LogP contribution in [0.5, 0.6) is 0 Å². The van der Waals surface area contributed by atoms with Gasteiger partial charge >= 0.3 is 0 Å². The van der Waals surface area contributed by atoms with Crippen molar-refractivity contribution in [1.29, 1.82) is 0 Å². The normalized spacial score (nSPS) is 25.7. The first-order valence-corrected chi connectivity index (χ1v) is 3.57. The maximum absolute atomic E-state index is 9.37. The van der Waals surface area contributed by atoms with Crippen molar-refractivity contribution in [2.75, 3.05) is 6.54 Å². The minimum Gasteiger partial charge on any atom is -0.393 e. The molecule has 1 rings (SSSR count). The van der Waals surface area contributed by atoms with E-state index in [9.17, 15) is 5.11 Å². The van der Waals surface area contributed by atoms with Gasteiger partial charge in [-0.05, 0) is 31.2 Å². The van der Waals surface area contributed by atoms with E-state index in [1.807, 2.05) is 0 Å². The summed E-state index contributed by atoms with van der Waals surface area (Å²) in [7, 11) is 0. The van der Waals surface area contributed by atoms with E-state index < -0.39 is 0 Å². The highest BCUT2D eigenvalue weighted by Gasteiger charge is 2.43. The number of nitrogens with two attached hydrogens (primary N) is 1. The molecule has 0 aromatic rings. The highest BCUT2D eigenvalue weighted by atomic mass is 16.3. The van der Waals surface area contributed by atoms with E-state index in [4.69, 9.17) is 5.73 Å². The van der Waals surface area contributed by atoms with Crippen molar-refractivity contribution in [3.8, 4) is 0 Å². The molecule has 0 aromatic heterocycles. The molecule has 0 unspecified atom stereocenters. The summed E-state index contributed by atoms with van der Waals surface area (Å²) >= 11 is 0. The van der Waals surface area contributed by atoms with Crippen LogP contribution in [0.3, 0.4) is 0 Å². The van der Waals surface area contributed by atoms with E-state index in [1.54, 1.807) is 0 Å². The van der Waals surface area contributed by atoms with Gasteiger partial charge in [-0.2, -0.15) is 0 Å². The average Bonchev–Trinajstić information content (AvgIpc) is 2.50. The molecule has 0 bridgehead atoms. The molecule has 1 fully saturated rings. The lowest BCUT2D eigenvalue weighted by Gasteiger charge is -2.15. The first kappa shape index (κ1) is 7.03. The zero-order valence-corrected chi connectivity index (χ0v) is 5.93. The molecule has 0 radical (unpaired) electrons. The van der Waals surface area contributed by atoms with Crippen molar-refractivity contribution in [3.05, 3.63) is 0 Å². The van der Waals surface area contributed by atoms with Crippen LogP contribution in [-0.2, 0) is 0 Å². The molecule has 2 nitrogen and oxygen atoms in total. The lowest BCUT2D eigenvalue weighted by atomic mass is 9.99. The summed E-state index contributed by atoms with van der Waals surface area (Å²) in [6.45, 7) is 2.73. The van der Waals surface area contributed by atoms with Gasteiger partial charge in [-0.25, -0.2) is 0 Å². The Labute approximate surface area is 56.1 Å². The fourth-order valence-electron chi connectivity index (χ4n) is 1.04. The lowest BCUT2D eigenvalue weighted by molar-refractivity contribution is 0.0966. The second-order valence-corrected chi connectivity index (χ2v) is 3.25. The third-order valence-corrected chi connectivity index (χ3v) is 2.28. The molecule has 0 aromatic carbocycles. The van der Waals surface area contributed by atoms with Gasteiger partial charge in [0, 0.05) is 0 Å². The van der Waals surface area contributed by atoms with Crippen LogP contribution in [0.2, 0.25) is 0 Å². The molecule has 0 saturated heterocycles. The number of aliphatic hydroxyl groups is 1. The third-order valence-electron chi connectivity index (χ3n) is 2.28. The first-order valence-electron chi connectivity index (χ1n) is 3.57. The van der Waals surface area contributed by atoms with Crippen molar-refractivity contribution in [3.63, 3.8) is 0 Å². The van der Waals surface area contributed by atoms with Crippen LogP contribution in [0.4, 0.5) is 0 Å². The maximum atomic E-state index is 9.37. The standard InChI is InChI=1S/C7H15NO/c1-7(3-4-7)6(9)2-5-8/h6,9H,2-5,8H2,1H3/t6-/m1/s1. The van der Waals surface area contributed by atoms with Crippen LogP contribution in [0.1, 0.15) is 26.2 Å². The van der Waals surface area contributed by atoms with Crippen molar-refractivity contribution in [2.24, 2.45) is 11.1 Å². The van der Waals surface area contributed by atoms with E-state index in [0.717, 1.165) is 6.42 Å². The van der Waals surface area contributed by atoms with Gasteiger partial charge in [0.15, 0.2) is 0 Å². The predicted molar refractivity (Wildman–Crippen MR) is 37.0 cm³/mol. The van der Waals surface area contributed by atoms with E-state index >= 15 is 0 Å². The van der Waals surface area contributed by atoms with Crippen molar-refractivity contribution < 1.29 is 5.11 Å². The van der Waals surface area contributed by atoms with E-state index in [2.05, 4.69) is 6.92 Å². The Hall–Kier alpha value is -0.0800. The molecule has 1 aliphatic carbocycles. The van der Waals surface area contributed by atoms with Gasteiger partial charge in [0.2, 0.25) is 0 Å². The first-order chi connectivity index (χ1) is 4.19. The average molecular weight is 129 g/mol. The van der Waals surface area contributed by atoms with Gasteiger partial charge in [0.25, 0.3) is 0 Å². The van der Waals surface area contributed by atoms with Crippen LogP contribution in [0.25, 0.3) is 0 Å². The van der Waals surface area contributed by atoms with Crippen LogP contribution in [-0.4, -0.2) is 17.8 Å². The van der Waals surface area contributed by atoms with Gasteiger partial charge in [0.1, 0.15) is 0 Å². The summed E-state index contributed by atoms with van der Waals surface area (Å²) in [5, 5.41) is 9.37. The summed E-state index contributed by atoms with van der Waals surface area (Å²) in [6, 6.07) is 0. The Morgan fingerprint density at radius 2 is 2.22 bits per heavy atom. The van der Waals surface area contributed by atoms with E-state index in [1.165, 1.54) is 12.8 Å². The molecule has 0 amide bonds. The summed E-state index contributed by atoms with van der Waals surface area (Å²) < 4.78 is 0. The fraction of sp³-hybridized carbons (Fsp3) is 1.00. The molecule has 0 spiro atoms. The Bertz CT molecular complexity index is 99.1. The maximum Gasteiger partial charge on any atom is 0.0605 e. The lowest BCUT2D eigenvalue weighted by Crippen LogP contribution is -2.22. The Balaban J connectivity index is 2.24. The van der Waals surface area contributed by atoms with Gasteiger partial charge < -0.3 is 10.8 Å². The van der Waals surface area contributed by atoms with Gasteiger partial charge in [-0.1, -0.05) is 6.92 Å². The molecule has 1 aliphatic rings. The topological polar surface area (TPSA) is 46.2 Å². The second-order valence-electron chi connectivity index (χ2n) is 3.25. The minimum atomic E-state index is -0.150. The number of aliphatic hydroxyl groups excluding tert-OH is 1. The Morgan fingerprint density at radius 1 is 1.67 bits per heavy atom. The summed E-state index contributed by atoms with van der Waals surface area (Å²) in [5.41, 5.74) is 5.53. The van der Waals surface area contributed by atoms with Crippen molar-refractivity contribution in [2.45, 2.75) is 32.3 Å². The highest BCUT2D eigenvalue weighted by Crippen LogP contribution is 2.48. The van der Waals surface area contributed by atoms with Gasteiger partial charge in [-0.3, -0.25) is 0 Å². The quantitative estimate of drug-likeness (QED) is 0.582.